The first kappa shape index (κ1) is 12.3. The first-order valence-electron chi connectivity index (χ1n) is 7.63. The van der Waals surface area contributed by atoms with E-state index in [1.165, 1.54) is 71.0 Å². The normalized spacial score (nSPS) is 27.9. The van der Waals surface area contributed by atoms with E-state index in [2.05, 4.69) is 17.5 Å². The summed E-state index contributed by atoms with van der Waals surface area (Å²) in [4.78, 5) is 2.82. The summed E-state index contributed by atoms with van der Waals surface area (Å²) in [7, 11) is 0. The maximum absolute atomic E-state index is 4.66. The fourth-order valence-electron chi connectivity index (χ4n) is 3.50. The Morgan fingerprint density at radius 1 is 0.941 bits per heavy atom. The second kappa shape index (κ2) is 5.13. The zero-order chi connectivity index (χ0) is 11.7. The Balaban J connectivity index is 1.56. The molecular formula is C15H27NS. The summed E-state index contributed by atoms with van der Waals surface area (Å²) < 4.78 is 0. The lowest BCUT2D eigenvalue weighted by Gasteiger charge is -2.34. The average molecular weight is 253 g/mol. The molecule has 3 fully saturated rings. The highest BCUT2D eigenvalue weighted by atomic mass is 32.1. The number of nitrogens with zero attached hydrogens (tertiary/aromatic N) is 1. The van der Waals surface area contributed by atoms with Gasteiger partial charge in [0.1, 0.15) is 0 Å². The number of rotatable bonds is 7. The minimum Gasteiger partial charge on any atom is -0.302 e. The van der Waals surface area contributed by atoms with Crippen molar-refractivity contribution in [3.05, 3.63) is 0 Å². The molecule has 0 radical (unpaired) electrons. The van der Waals surface area contributed by atoms with Gasteiger partial charge in [-0.1, -0.05) is 12.8 Å². The standard InChI is InChI=1S/C15H27NS/c17-12-15(7-1-2-8-15)11-16(9-13-3-4-13)10-14-5-6-14/h13-14,17H,1-12H2. The Hall–Kier alpha value is 0.310. The Morgan fingerprint density at radius 3 is 1.88 bits per heavy atom. The molecule has 0 aromatic heterocycles. The second-order valence-electron chi connectivity index (χ2n) is 6.95. The smallest absolute Gasteiger partial charge is 0.00460 e. The van der Waals surface area contributed by atoms with Crippen molar-refractivity contribution < 1.29 is 0 Å². The third-order valence-corrected chi connectivity index (χ3v) is 5.66. The van der Waals surface area contributed by atoms with Gasteiger partial charge in [-0.15, -0.1) is 0 Å². The van der Waals surface area contributed by atoms with E-state index < -0.39 is 0 Å². The van der Waals surface area contributed by atoms with E-state index in [0.29, 0.717) is 5.41 Å². The monoisotopic (exact) mass is 253 g/mol. The van der Waals surface area contributed by atoms with Crippen LogP contribution >= 0.6 is 12.6 Å². The minimum absolute atomic E-state index is 0.576. The third-order valence-electron chi connectivity index (χ3n) is 4.99. The van der Waals surface area contributed by atoms with E-state index in [0.717, 1.165) is 17.6 Å². The highest BCUT2D eigenvalue weighted by molar-refractivity contribution is 7.80. The SMILES string of the molecule is SCC1(CN(CC2CC2)CC2CC2)CCCC1. The van der Waals surface area contributed by atoms with Gasteiger partial charge in [-0.25, -0.2) is 0 Å². The van der Waals surface area contributed by atoms with Crippen LogP contribution in [-0.2, 0) is 0 Å². The van der Waals surface area contributed by atoms with Gasteiger partial charge in [0.15, 0.2) is 0 Å². The molecule has 0 amide bonds. The van der Waals surface area contributed by atoms with E-state index in [4.69, 9.17) is 0 Å². The molecule has 1 nitrogen and oxygen atoms in total. The predicted molar refractivity (Wildman–Crippen MR) is 76.6 cm³/mol. The van der Waals surface area contributed by atoms with Crippen LogP contribution in [0.25, 0.3) is 0 Å². The van der Waals surface area contributed by atoms with Crippen LogP contribution in [0, 0.1) is 17.3 Å². The van der Waals surface area contributed by atoms with Crippen LogP contribution < -0.4 is 0 Å². The molecule has 0 aromatic rings. The van der Waals surface area contributed by atoms with Crippen LogP contribution in [-0.4, -0.2) is 30.3 Å². The van der Waals surface area contributed by atoms with Gasteiger partial charge in [-0.05, 0) is 61.5 Å². The van der Waals surface area contributed by atoms with E-state index in [-0.39, 0.29) is 0 Å². The molecule has 0 spiro atoms. The largest absolute Gasteiger partial charge is 0.302 e. The molecule has 3 aliphatic carbocycles. The number of thiol groups is 1. The summed E-state index contributed by atoms with van der Waals surface area (Å²) in [6.45, 7) is 4.14. The van der Waals surface area contributed by atoms with E-state index in [1.54, 1.807) is 0 Å². The summed E-state index contributed by atoms with van der Waals surface area (Å²) in [5.74, 6) is 3.21. The van der Waals surface area contributed by atoms with Crippen LogP contribution in [0.3, 0.4) is 0 Å². The lowest BCUT2D eigenvalue weighted by atomic mass is 9.87. The maximum atomic E-state index is 4.66. The lowest BCUT2D eigenvalue weighted by Crippen LogP contribution is -2.39. The van der Waals surface area contributed by atoms with E-state index in [1.807, 2.05) is 0 Å². The first-order chi connectivity index (χ1) is 8.30. The topological polar surface area (TPSA) is 3.24 Å². The average Bonchev–Trinajstić information content (AvgIpc) is 3.23. The van der Waals surface area contributed by atoms with Gasteiger partial charge in [0.25, 0.3) is 0 Å². The molecule has 3 rings (SSSR count). The molecule has 98 valence electrons. The summed E-state index contributed by atoms with van der Waals surface area (Å²) in [6.07, 6.45) is 11.7. The van der Waals surface area contributed by atoms with Crippen molar-refractivity contribution in [1.82, 2.24) is 4.90 Å². The molecule has 0 saturated heterocycles. The van der Waals surface area contributed by atoms with Crippen molar-refractivity contribution in [1.29, 1.82) is 0 Å². The van der Waals surface area contributed by atoms with Gasteiger partial charge in [-0.3, -0.25) is 0 Å². The van der Waals surface area contributed by atoms with Crippen LogP contribution in [0.4, 0.5) is 0 Å². The van der Waals surface area contributed by atoms with E-state index in [9.17, 15) is 0 Å². The summed E-state index contributed by atoms with van der Waals surface area (Å²) in [6, 6.07) is 0. The predicted octanol–water partition coefficient (Wildman–Crippen LogP) is 3.60. The molecule has 0 aromatic carbocycles. The van der Waals surface area contributed by atoms with Gasteiger partial charge in [0, 0.05) is 19.6 Å². The zero-order valence-corrected chi connectivity index (χ0v) is 11.9. The van der Waals surface area contributed by atoms with Crippen LogP contribution in [0.5, 0.6) is 0 Å². The first-order valence-corrected chi connectivity index (χ1v) is 8.26. The second-order valence-corrected chi connectivity index (χ2v) is 7.26. The molecule has 3 aliphatic rings. The van der Waals surface area contributed by atoms with Gasteiger partial charge >= 0.3 is 0 Å². The maximum Gasteiger partial charge on any atom is 0.00460 e. The van der Waals surface area contributed by atoms with Crippen molar-refractivity contribution in [3.8, 4) is 0 Å². The highest BCUT2D eigenvalue weighted by Crippen LogP contribution is 2.42. The quantitative estimate of drug-likeness (QED) is 0.679. The van der Waals surface area contributed by atoms with Crippen molar-refractivity contribution in [2.45, 2.75) is 51.4 Å². The summed E-state index contributed by atoms with van der Waals surface area (Å²) in [5.41, 5.74) is 0.576. The van der Waals surface area contributed by atoms with Crippen LogP contribution in [0.2, 0.25) is 0 Å². The highest BCUT2D eigenvalue weighted by Gasteiger charge is 2.37. The number of hydrogen-bond acceptors (Lipinski definition) is 2. The fourth-order valence-corrected chi connectivity index (χ4v) is 3.92. The van der Waals surface area contributed by atoms with Gasteiger partial charge in [-0.2, -0.15) is 12.6 Å². The van der Waals surface area contributed by atoms with Crippen molar-refractivity contribution in [2.24, 2.45) is 17.3 Å². The Kier molecular flexibility index (Phi) is 3.72. The molecule has 0 N–H and O–H groups in total. The summed E-state index contributed by atoms with van der Waals surface area (Å²) >= 11 is 4.66. The van der Waals surface area contributed by atoms with Crippen molar-refractivity contribution in [2.75, 3.05) is 25.4 Å². The van der Waals surface area contributed by atoms with Gasteiger partial charge in [0.05, 0.1) is 0 Å². The molecule has 0 unspecified atom stereocenters. The molecule has 0 atom stereocenters. The molecule has 0 bridgehead atoms. The third kappa shape index (κ3) is 3.41. The Bertz CT molecular complexity index is 238. The number of hydrogen-bond donors (Lipinski definition) is 1. The summed E-state index contributed by atoms with van der Waals surface area (Å²) in [5, 5.41) is 0. The molecule has 0 heterocycles. The molecule has 2 heteroatoms. The van der Waals surface area contributed by atoms with Crippen molar-refractivity contribution >= 4 is 12.6 Å². The Morgan fingerprint density at radius 2 is 1.47 bits per heavy atom. The van der Waals surface area contributed by atoms with E-state index >= 15 is 0 Å². The zero-order valence-electron chi connectivity index (χ0n) is 11.0. The minimum atomic E-state index is 0.576. The van der Waals surface area contributed by atoms with Gasteiger partial charge in [0.2, 0.25) is 0 Å². The molecule has 0 aliphatic heterocycles. The molecule has 3 saturated carbocycles. The van der Waals surface area contributed by atoms with Crippen LogP contribution in [0.1, 0.15) is 51.4 Å². The molecular weight excluding hydrogens is 226 g/mol. The Labute approximate surface area is 112 Å². The van der Waals surface area contributed by atoms with Crippen LogP contribution in [0.15, 0.2) is 0 Å². The lowest BCUT2D eigenvalue weighted by molar-refractivity contribution is 0.160. The fraction of sp³-hybridized carbons (Fsp3) is 1.00. The van der Waals surface area contributed by atoms with Crippen molar-refractivity contribution in [3.63, 3.8) is 0 Å². The van der Waals surface area contributed by atoms with Gasteiger partial charge < -0.3 is 4.90 Å². The molecule has 17 heavy (non-hydrogen) atoms.